The summed E-state index contributed by atoms with van der Waals surface area (Å²) in [5.41, 5.74) is 0.173. The van der Waals surface area contributed by atoms with E-state index in [0.717, 1.165) is 0 Å². The molecule has 0 bridgehead atoms. The van der Waals surface area contributed by atoms with Crippen LogP contribution in [-0.4, -0.2) is 37.2 Å². The summed E-state index contributed by atoms with van der Waals surface area (Å²) in [4.78, 5) is 23.5. The van der Waals surface area contributed by atoms with E-state index >= 15 is 0 Å². The summed E-state index contributed by atoms with van der Waals surface area (Å²) in [7, 11) is 2.86. The smallest absolute Gasteiger partial charge is 0.326 e. The van der Waals surface area contributed by atoms with Gasteiger partial charge in [-0.3, -0.25) is 4.79 Å². The zero-order chi connectivity index (χ0) is 15.8. The number of aliphatic carboxylic acids is 1. The average Bonchev–Trinajstić information content (AvgIpc) is 2.49. The Hall–Kier alpha value is -2.50. The second-order valence-corrected chi connectivity index (χ2v) is 4.27. The SMILES string of the molecule is C=CCCC(NC(=O)c1c(OC)cccc1OC)C(=O)O. The van der Waals surface area contributed by atoms with Crippen molar-refractivity contribution in [2.45, 2.75) is 18.9 Å². The Morgan fingerprint density at radius 3 is 2.33 bits per heavy atom. The molecule has 0 saturated heterocycles. The molecule has 6 nitrogen and oxygen atoms in total. The van der Waals surface area contributed by atoms with Gasteiger partial charge in [0.05, 0.1) is 14.2 Å². The molecule has 0 spiro atoms. The molecule has 0 radical (unpaired) electrons. The number of methoxy groups -OCH3 is 2. The minimum absolute atomic E-state index is 0.173. The van der Waals surface area contributed by atoms with Gasteiger partial charge in [0.25, 0.3) is 5.91 Å². The molecule has 1 rings (SSSR count). The molecule has 1 aromatic carbocycles. The van der Waals surface area contributed by atoms with Crippen LogP contribution in [0.4, 0.5) is 0 Å². The largest absolute Gasteiger partial charge is 0.496 e. The van der Waals surface area contributed by atoms with Gasteiger partial charge in [0.2, 0.25) is 0 Å². The van der Waals surface area contributed by atoms with Gasteiger partial charge in [-0.15, -0.1) is 6.58 Å². The Balaban J connectivity index is 3.01. The lowest BCUT2D eigenvalue weighted by Crippen LogP contribution is -2.40. The zero-order valence-corrected chi connectivity index (χ0v) is 12.1. The minimum Gasteiger partial charge on any atom is -0.496 e. The van der Waals surface area contributed by atoms with E-state index in [2.05, 4.69) is 11.9 Å². The van der Waals surface area contributed by atoms with Gasteiger partial charge in [-0.2, -0.15) is 0 Å². The van der Waals surface area contributed by atoms with Crippen molar-refractivity contribution in [2.24, 2.45) is 0 Å². The zero-order valence-electron chi connectivity index (χ0n) is 12.1. The highest BCUT2D eigenvalue weighted by atomic mass is 16.5. The van der Waals surface area contributed by atoms with Crippen LogP contribution >= 0.6 is 0 Å². The molecule has 0 aliphatic rings. The van der Waals surface area contributed by atoms with Crippen molar-refractivity contribution >= 4 is 11.9 Å². The maximum Gasteiger partial charge on any atom is 0.326 e. The van der Waals surface area contributed by atoms with Crippen molar-refractivity contribution in [2.75, 3.05) is 14.2 Å². The molecule has 0 saturated carbocycles. The lowest BCUT2D eigenvalue weighted by Gasteiger charge is -2.16. The Morgan fingerprint density at radius 2 is 1.90 bits per heavy atom. The number of amides is 1. The van der Waals surface area contributed by atoms with Gasteiger partial charge in [0.15, 0.2) is 0 Å². The van der Waals surface area contributed by atoms with Gasteiger partial charge >= 0.3 is 5.97 Å². The van der Waals surface area contributed by atoms with Crippen LogP contribution in [0, 0.1) is 0 Å². The standard InChI is InChI=1S/C15H19NO5/c1-4-5-7-10(15(18)19)16-14(17)13-11(20-2)8-6-9-12(13)21-3/h4,6,8-10H,1,5,7H2,2-3H3,(H,16,17)(H,18,19). The number of carbonyl (C=O) groups is 2. The molecular weight excluding hydrogens is 274 g/mol. The number of nitrogens with one attached hydrogen (secondary N) is 1. The van der Waals surface area contributed by atoms with Crippen LogP contribution in [0.3, 0.4) is 0 Å². The molecule has 1 amide bonds. The molecule has 0 aromatic heterocycles. The van der Waals surface area contributed by atoms with Crippen LogP contribution in [0.1, 0.15) is 23.2 Å². The summed E-state index contributed by atoms with van der Waals surface area (Å²) in [5.74, 6) is -1.01. The predicted molar refractivity (Wildman–Crippen MR) is 77.9 cm³/mol. The van der Waals surface area contributed by atoms with Gasteiger partial charge < -0.3 is 19.9 Å². The number of hydrogen-bond acceptors (Lipinski definition) is 4. The molecule has 0 aliphatic carbocycles. The lowest BCUT2D eigenvalue weighted by atomic mass is 10.1. The molecule has 2 N–H and O–H groups in total. The molecule has 1 aromatic rings. The molecule has 0 aliphatic heterocycles. The number of allylic oxidation sites excluding steroid dienone is 1. The molecular formula is C15H19NO5. The van der Waals surface area contributed by atoms with E-state index in [1.54, 1.807) is 24.3 Å². The highest BCUT2D eigenvalue weighted by molar-refractivity contribution is 6.01. The van der Waals surface area contributed by atoms with Crippen LogP contribution < -0.4 is 14.8 Å². The molecule has 0 fully saturated rings. The quantitative estimate of drug-likeness (QED) is 0.715. The van der Waals surface area contributed by atoms with Gasteiger partial charge in [-0.25, -0.2) is 4.79 Å². The Kier molecular flexibility index (Phi) is 6.26. The number of carbonyl (C=O) groups excluding carboxylic acids is 1. The first-order valence-electron chi connectivity index (χ1n) is 6.40. The predicted octanol–water partition coefficient (Wildman–Crippen LogP) is 1.85. The van der Waals surface area contributed by atoms with Crippen molar-refractivity contribution < 1.29 is 24.2 Å². The number of rotatable bonds is 8. The van der Waals surface area contributed by atoms with Crippen molar-refractivity contribution in [3.05, 3.63) is 36.4 Å². The highest BCUT2D eigenvalue weighted by Crippen LogP contribution is 2.28. The van der Waals surface area contributed by atoms with E-state index in [4.69, 9.17) is 14.6 Å². The monoisotopic (exact) mass is 293 g/mol. The fraction of sp³-hybridized carbons (Fsp3) is 0.333. The van der Waals surface area contributed by atoms with Gasteiger partial charge in [0, 0.05) is 0 Å². The van der Waals surface area contributed by atoms with Crippen LogP contribution in [0.2, 0.25) is 0 Å². The van der Waals surface area contributed by atoms with E-state index in [1.807, 2.05) is 0 Å². The third-order valence-electron chi connectivity index (χ3n) is 2.92. The Bertz CT molecular complexity index is 505. The summed E-state index contributed by atoms with van der Waals surface area (Å²) in [5, 5.41) is 11.6. The molecule has 0 heterocycles. The molecule has 1 atom stereocenters. The van der Waals surface area contributed by atoms with Crippen LogP contribution in [0.15, 0.2) is 30.9 Å². The number of carboxylic acid groups (broad SMARTS) is 1. The van der Waals surface area contributed by atoms with E-state index in [1.165, 1.54) is 14.2 Å². The Morgan fingerprint density at radius 1 is 1.33 bits per heavy atom. The average molecular weight is 293 g/mol. The summed E-state index contributed by atoms with van der Waals surface area (Å²) in [6.07, 6.45) is 2.36. The summed E-state index contributed by atoms with van der Waals surface area (Å²) < 4.78 is 10.3. The lowest BCUT2D eigenvalue weighted by molar-refractivity contribution is -0.139. The third kappa shape index (κ3) is 4.24. The van der Waals surface area contributed by atoms with Crippen molar-refractivity contribution in [1.82, 2.24) is 5.32 Å². The van der Waals surface area contributed by atoms with Crippen LogP contribution in [0.5, 0.6) is 11.5 Å². The van der Waals surface area contributed by atoms with Gasteiger partial charge in [0.1, 0.15) is 23.1 Å². The topological polar surface area (TPSA) is 84.9 Å². The number of ether oxygens (including phenoxy) is 2. The first kappa shape index (κ1) is 16.6. The second-order valence-electron chi connectivity index (χ2n) is 4.27. The van der Waals surface area contributed by atoms with Gasteiger partial charge in [-0.1, -0.05) is 12.1 Å². The van der Waals surface area contributed by atoms with Gasteiger partial charge in [-0.05, 0) is 25.0 Å². The summed E-state index contributed by atoms with van der Waals surface area (Å²) >= 11 is 0. The molecule has 21 heavy (non-hydrogen) atoms. The fourth-order valence-electron chi connectivity index (χ4n) is 1.85. The number of benzene rings is 1. The fourth-order valence-corrected chi connectivity index (χ4v) is 1.85. The van der Waals surface area contributed by atoms with Crippen molar-refractivity contribution in [3.63, 3.8) is 0 Å². The highest BCUT2D eigenvalue weighted by Gasteiger charge is 2.24. The van der Waals surface area contributed by atoms with E-state index < -0.39 is 17.9 Å². The minimum atomic E-state index is -1.10. The summed E-state index contributed by atoms with van der Waals surface area (Å²) in [6.45, 7) is 3.54. The number of carboxylic acids is 1. The first-order chi connectivity index (χ1) is 10.0. The molecule has 114 valence electrons. The van der Waals surface area contributed by atoms with Crippen molar-refractivity contribution in [1.29, 1.82) is 0 Å². The van der Waals surface area contributed by atoms with Crippen LogP contribution in [-0.2, 0) is 4.79 Å². The third-order valence-corrected chi connectivity index (χ3v) is 2.92. The van der Waals surface area contributed by atoms with Crippen LogP contribution in [0.25, 0.3) is 0 Å². The van der Waals surface area contributed by atoms with E-state index in [-0.39, 0.29) is 12.0 Å². The Labute approximate surface area is 123 Å². The molecule has 1 unspecified atom stereocenters. The van der Waals surface area contributed by atoms with E-state index in [9.17, 15) is 9.59 Å². The number of hydrogen-bond donors (Lipinski definition) is 2. The maximum atomic E-state index is 12.3. The summed E-state index contributed by atoms with van der Waals surface area (Å²) in [6, 6.07) is 3.90. The molecule has 6 heteroatoms. The second kappa shape index (κ2) is 7.94. The maximum absolute atomic E-state index is 12.3. The normalized spacial score (nSPS) is 11.3. The first-order valence-corrected chi connectivity index (χ1v) is 6.40. The van der Waals surface area contributed by atoms with Crippen molar-refractivity contribution in [3.8, 4) is 11.5 Å². The van der Waals surface area contributed by atoms with E-state index in [0.29, 0.717) is 17.9 Å².